The van der Waals surface area contributed by atoms with Crippen molar-refractivity contribution in [3.8, 4) is 0 Å². The summed E-state index contributed by atoms with van der Waals surface area (Å²) in [6, 6.07) is 1.85. The predicted molar refractivity (Wildman–Crippen MR) is 95.4 cm³/mol. The smallest absolute Gasteiger partial charge is 0.183 e. The van der Waals surface area contributed by atoms with Gasteiger partial charge in [-0.1, -0.05) is 0 Å². The van der Waals surface area contributed by atoms with Crippen LogP contribution in [0.1, 0.15) is 6.92 Å². The van der Waals surface area contributed by atoms with Gasteiger partial charge in [-0.3, -0.25) is 5.41 Å². The first-order valence-electron chi connectivity index (χ1n) is 7.49. The van der Waals surface area contributed by atoms with Gasteiger partial charge < -0.3 is 16.0 Å². The van der Waals surface area contributed by atoms with Gasteiger partial charge in [-0.15, -0.1) is 0 Å². The largest absolute Gasteiger partial charge is 0.396 e. The molecule has 9 heteroatoms. The number of nitrogens with zero attached hydrogens (tertiary/aromatic N) is 6. The molecular weight excluding hydrogens is 306 g/mol. The summed E-state index contributed by atoms with van der Waals surface area (Å²) in [6.45, 7) is 2.78. The molecule has 2 aromatic rings. The molecule has 3 heterocycles. The second-order valence-corrected chi connectivity index (χ2v) is 5.42. The van der Waals surface area contributed by atoms with Crippen molar-refractivity contribution in [1.82, 2.24) is 19.5 Å². The molecule has 0 unspecified atom stereocenters. The van der Waals surface area contributed by atoms with Gasteiger partial charge in [-0.05, 0) is 19.1 Å². The monoisotopic (exact) mass is 325 g/mol. The van der Waals surface area contributed by atoms with Gasteiger partial charge in [0.1, 0.15) is 11.5 Å². The molecule has 1 aliphatic rings. The van der Waals surface area contributed by atoms with Crippen molar-refractivity contribution in [2.45, 2.75) is 6.92 Å². The molecule has 0 aromatic carbocycles. The Balaban J connectivity index is 2.07. The molecule has 2 aromatic heterocycles. The maximum absolute atomic E-state index is 7.93. The Bertz CT molecular complexity index is 885. The lowest BCUT2D eigenvalue weighted by atomic mass is 10.2. The van der Waals surface area contributed by atoms with Crippen molar-refractivity contribution in [3.05, 3.63) is 30.2 Å². The van der Waals surface area contributed by atoms with Gasteiger partial charge in [0, 0.05) is 26.8 Å². The highest BCUT2D eigenvalue weighted by Gasteiger charge is 2.18. The SMILES string of the molecule is CCNc1ccn2ncc(/N=C3\N=C(N(C)C)C(=N)C=C3N)c2n1. The molecule has 4 N–H and O–H groups in total. The van der Waals surface area contributed by atoms with E-state index in [1.807, 2.05) is 33.3 Å². The lowest BCUT2D eigenvalue weighted by Gasteiger charge is -2.19. The van der Waals surface area contributed by atoms with Crippen LogP contribution in [0.4, 0.5) is 11.5 Å². The first-order valence-corrected chi connectivity index (χ1v) is 7.49. The number of anilines is 1. The topological polar surface area (TPSA) is 120 Å². The Morgan fingerprint density at radius 1 is 1.42 bits per heavy atom. The minimum Gasteiger partial charge on any atom is -0.396 e. The van der Waals surface area contributed by atoms with Crippen LogP contribution in [0, 0.1) is 5.41 Å². The Labute approximate surface area is 139 Å². The summed E-state index contributed by atoms with van der Waals surface area (Å²) in [5.41, 5.74) is 7.74. The van der Waals surface area contributed by atoms with Crippen LogP contribution in [0.25, 0.3) is 5.65 Å². The standard InChI is InChI=1S/C15H19N9/c1-4-18-12-5-6-24-15(21-12)11(8-19-24)20-13-9(16)7-10(17)14(22-13)23(2)3/h5-8,17H,4,16H2,1-3H3,(H,18,21)/b17-10?,20-13-. The third-order valence-corrected chi connectivity index (χ3v) is 3.37. The Morgan fingerprint density at radius 2 is 2.21 bits per heavy atom. The molecule has 24 heavy (non-hydrogen) atoms. The number of fused-ring (bicyclic) bond motifs is 1. The summed E-state index contributed by atoms with van der Waals surface area (Å²) >= 11 is 0. The van der Waals surface area contributed by atoms with Gasteiger partial charge in [-0.2, -0.15) is 5.10 Å². The first-order chi connectivity index (χ1) is 11.5. The van der Waals surface area contributed by atoms with E-state index < -0.39 is 0 Å². The molecular formula is C15H19N9. The summed E-state index contributed by atoms with van der Waals surface area (Å²) < 4.78 is 1.64. The summed E-state index contributed by atoms with van der Waals surface area (Å²) in [6.07, 6.45) is 4.97. The molecule has 3 rings (SSSR count). The summed E-state index contributed by atoms with van der Waals surface area (Å²) in [5.74, 6) is 1.60. The normalized spacial score (nSPS) is 16.3. The van der Waals surface area contributed by atoms with E-state index in [1.54, 1.807) is 21.7 Å². The fourth-order valence-electron chi connectivity index (χ4n) is 2.27. The van der Waals surface area contributed by atoms with Crippen molar-refractivity contribution in [3.63, 3.8) is 0 Å². The number of aromatic nitrogens is 3. The van der Waals surface area contributed by atoms with E-state index in [0.717, 1.165) is 12.4 Å². The maximum Gasteiger partial charge on any atom is 0.183 e. The number of hydrogen-bond donors (Lipinski definition) is 3. The Hall–Kier alpha value is -3.23. The molecule has 1 aliphatic heterocycles. The van der Waals surface area contributed by atoms with Crippen molar-refractivity contribution >= 4 is 34.5 Å². The molecule has 0 spiro atoms. The van der Waals surface area contributed by atoms with E-state index in [9.17, 15) is 0 Å². The van der Waals surface area contributed by atoms with Gasteiger partial charge in [0.2, 0.25) is 0 Å². The molecule has 0 amide bonds. The number of aliphatic imine (C=N–C) groups is 2. The Kier molecular flexibility index (Phi) is 3.98. The van der Waals surface area contributed by atoms with Crippen LogP contribution < -0.4 is 11.1 Å². The number of nitrogens with one attached hydrogen (secondary N) is 2. The molecule has 0 radical (unpaired) electrons. The second kappa shape index (κ2) is 6.11. The van der Waals surface area contributed by atoms with Crippen LogP contribution in [-0.2, 0) is 0 Å². The number of amidine groups is 2. The lowest BCUT2D eigenvalue weighted by Crippen LogP contribution is -2.34. The van der Waals surface area contributed by atoms with E-state index in [0.29, 0.717) is 28.7 Å². The van der Waals surface area contributed by atoms with Crippen LogP contribution in [0.2, 0.25) is 0 Å². The summed E-state index contributed by atoms with van der Waals surface area (Å²) in [5, 5.41) is 15.3. The van der Waals surface area contributed by atoms with Gasteiger partial charge in [0.25, 0.3) is 0 Å². The fraction of sp³-hybridized carbons (Fsp3) is 0.267. The predicted octanol–water partition coefficient (Wildman–Crippen LogP) is 1.03. The number of nitrogens with two attached hydrogens (primary N) is 1. The third-order valence-electron chi connectivity index (χ3n) is 3.37. The van der Waals surface area contributed by atoms with Crippen molar-refractivity contribution < 1.29 is 0 Å². The van der Waals surface area contributed by atoms with Crippen LogP contribution in [-0.4, -0.2) is 57.5 Å². The molecule has 124 valence electrons. The third kappa shape index (κ3) is 2.83. The minimum atomic E-state index is 0.254. The van der Waals surface area contributed by atoms with E-state index in [1.165, 1.54) is 0 Å². The zero-order valence-corrected chi connectivity index (χ0v) is 13.8. The van der Waals surface area contributed by atoms with E-state index in [4.69, 9.17) is 11.1 Å². The zero-order valence-electron chi connectivity index (χ0n) is 13.8. The number of hydrogen-bond acceptors (Lipinski definition) is 7. The average Bonchev–Trinajstić information content (AvgIpc) is 2.92. The summed E-state index contributed by atoms with van der Waals surface area (Å²) in [7, 11) is 3.64. The van der Waals surface area contributed by atoms with Crippen molar-refractivity contribution in [1.29, 1.82) is 5.41 Å². The number of dihydropyridines is 1. The van der Waals surface area contributed by atoms with Gasteiger partial charge in [0.05, 0.1) is 17.6 Å². The molecule has 0 atom stereocenters. The summed E-state index contributed by atoms with van der Waals surface area (Å²) in [4.78, 5) is 15.1. The van der Waals surface area contributed by atoms with Crippen molar-refractivity contribution in [2.24, 2.45) is 15.7 Å². The first kappa shape index (κ1) is 15.7. The quantitative estimate of drug-likeness (QED) is 0.778. The molecule has 0 saturated heterocycles. The average molecular weight is 325 g/mol. The highest BCUT2D eigenvalue weighted by molar-refractivity contribution is 6.48. The second-order valence-electron chi connectivity index (χ2n) is 5.42. The number of rotatable bonds is 3. The highest BCUT2D eigenvalue weighted by Crippen LogP contribution is 2.21. The minimum absolute atomic E-state index is 0.254. The Morgan fingerprint density at radius 3 is 2.92 bits per heavy atom. The highest BCUT2D eigenvalue weighted by atomic mass is 15.3. The van der Waals surface area contributed by atoms with Crippen LogP contribution >= 0.6 is 0 Å². The molecule has 0 aliphatic carbocycles. The van der Waals surface area contributed by atoms with Gasteiger partial charge in [0.15, 0.2) is 17.3 Å². The van der Waals surface area contributed by atoms with E-state index >= 15 is 0 Å². The molecule has 0 fully saturated rings. The van der Waals surface area contributed by atoms with E-state index in [-0.39, 0.29) is 5.71 Å². The van der Waals surface area contributed by atoms with Crippen LogP contribution in [0.3, 0.4) is 0 Å². The lowest BCUT2D eigenvalue weighted by molar-refractivity contribution is 0.631. The fourth-order valence-corrected chi connectivity index (χ4v) is 2.27. The zero-order chi connectivity index (χ0) is 17.3. The van der Waals surface area contributed by atoms with Crippen molar-refractivity contribution in [2.75, 3.05) is 26.0 Å². The maximum atomic E-state index is 7.93. The van der Waals surface area contributed by atoms with E-state index in [2.05, 4.69) is 25.4 Å². The van der Waals surface area contributed by atoms with Gasteiger partial charge >= 0.3 is 0 Å². The van der Waals surface area contributed by atoms with Gasteiger partial charge in [-0.25, -0.2) is 19.5 Å². The van der Waals surface area contributed by atoms with Crippen LogP contribution in [0.5, 0.6) is 0 Å². The van der Waals surface area contributed by atoms with Crippen LogP contribution in [0.15, 0.2) is 40.2 Å². The molecule has 0 saturated carbocycles. The molecule has 0 bridgehead atoms. The molecule has 9 nitrogen and oxygen atoms in total.